The Morgan fingerprint density at radius 3 is 2.85 bits per heavy atom. The molecule has 0 atom stereocenters. The Morgan fingerprint density at radius 2 is 2.00 bits per heavy atom. The van der Waals surface area contributed by atoms with E-state index in [-0.39, 0.29) is 0 Å². The molecule has 0 unspecified atom stereocenters. The maximum Gasteiger partial charge on any atom is 0.145 e. The van der Waals surface area contributed by atoms with Crippen molar-refractivity contribution in [1.29, 1.82) is 0 Å². The van der Waals surface area contributed by atoms with Crippen LogP contribution in [0.1, 0.15) is 36.7 Å². The highest BCUT2D eigenvalue weighted by Gasteiger charge is 2.22. The van der Waals surface area contributed by atoms with E-state index in [4.69, 9.17) is 9.84 Å². The highest BCUT2D eigenvalue weighted by Crippen LogP contribution is 2.32. The number of pyridine rings is 1. The van der Waals surface area contributed by atoms with Gasteiger partial charge in [0.2, 0.25) is 0 Å². The summed E-state index contributed by atoms with van der Waals surface area (Å²) in [5.41, 5.74) is 4.42. The molecule has 1 aromatic carbocycles. The molecule has 2 aromatic heterocycles. The van der Waals surface area contributed by atoms with Gasteiger partial charge in [-0.05, 0) is 50.5 Å². The molecule has 4 rings (SSSR count). The third-order valence-electron chi connectivity index (χ3n) is 4.68. The number of rotatable bonds is 5. The summed E-state index contributed by atoms with van der Waals surface area (Å²) in [5.74, 6) is 1.95. The van der Waals surface area contributed by atoms with Crippen molar-refractivity contribution in [3.05, 3.63) is 65.6 Å². The van der Waals surface area contributed by atoms with Gasteiger partial charge < -0.3 is 10.1 Å². The first-order valence-corrected chi connectivity index (χ1v) is 9.33. The van der Waals surface area contributed by atoms with Crippen LogP contribution in [0.3, 0.4) is 0 Å². The van der Waals surface area contributed by atoms with E-state index in [0.29, 0.717) is 6.61 Å². The summed E-state index contributed by atoms with van der Waals surface area (Å²) in [6, 6.07) is 14.1. The lowest BCUT2D eigenvalue weighted by molar-refractivity contribution is 0.338. The van der Waals surface area contributed by atoms with Crippen LogP contribution in [0.15, 0.2) is 48.7 Å². The zero-order valence-corrected chi connectivity index (χ0v) is 15.1. The molecule has 0 spiro atoms. The Bertz CT molecular complexity index is 873. The lowest BCUT2D eigenvalue weighted by Gasteiger charge is -2.13. The fourth-order valence-electron chi connectivity index (χ4n) is 3.47. The van der Waals surface area contributed by atoms with Crippen LogP contribution in [0, 0.1) is 0 Å². The molecule has 0 fully saturated rings. The number of hydrogen-bond donors (Lipinski definition) is 1. The summed E-state index contributed by atoms with van der Waals surface area (Å²) in [6.45, 7) is 3.61. The Kier molecular flexibility index (Phi) is 4.86. The molecular formula is C21H24N4O. The first kappa shape index (κ1) is 16.6. The highest BCUT2D eigenvalue weighted by atomic mass is 16.5. The molecule has 1 aliphatic rings. The lowest BCUT2D eigenvalue weighted by atomic mass is 10.1. The number of nitrogens with zero attached hydrogens (tertiary/aromatic N) is 3. The molecule has 5 nitrogen and oxygen atoms in total. The standard InChI is InChI=1S/C21H24N4O/c1-2-26-20-12-4-3-11-19(20)25-21-17(10-6-8-14-23-21)18(24-25)15-16-9-5-7-13-22-16/h3-5,7,9,11-13,23H,2,6,8,10,14-15H2,1H3. The van der Waals surface area contributed by atoms with Gasteiger partial charge in [0.25, 0.3) is 0 Å². The van der Waals surface area contributed by atoms with E-state index in [0.717, 1.165) is 48.0 Å². The highest BCUT2D eigenvalue weighted by molar-refractivity contribution is 5.58. The maximum absolute atomic E-state index is 5.84. The number of para-hydroxylation sites is 2. The van der Waals surface area contributed by atoms with E-state index in [9.17, 15) is 0 Å². The molecule has 0 saturated carbocycles. The molecule has 1 aliphatic heterocycles. The van der Waals surface area contributed by atoms with Crippen LogP contribution in [0.4, 0.5) is 5.82 Å². The maximum atomic E-state index is 5.84. The molecule has 1 N–H and O–H groups in total. The third-order valence-corrected chi connectivity index (χ3v) is 4.68. The minimum absolute atomic E-state index is 0.634. The van der Waals surface area contributed by atoms with Gasteiger partial charge in [-0.2, -0.15) is 5.10 Å². The second-order valence-electron chi connectivity index (χ2n) is 6.47. The molecule has 0 bridgehead atoms. The van der Waals surface area contributed by atoms with E-state index >= 15 is 0 Å². The summed E-state index contributed by atoms with van der Waals surface area (Å²) >= 11 is 0. The summed E-state index contributed by atoms with van der Waals surface area (Å²) in [6.07, 6.45) is 5.97. The molecular weight excluding hydrogens is 324 g/mol. The van der Waals surface area contributed by atoms with Gasteiger partial charge in [0.1, 0.15) is 17.3 Å². The lowest BCUT2D eigenvalue weighted by Crippen LogP contribution is -2.08. The quantitative estimate of drug-likeness (QED) is 0.757. The van der Waals surface area contributed by atoms with Crippen LogP contribution in [-0.4, -0.2) is 27.9 Å². The van der Waals surface area contributed by atoms with Gasteiger partial charge in [0.05, 0.1) is 12.3 Å². The zero-order valence-electron chi connectivity index (χ0n) is 15.1. The molecule has 0 saturated heterocycles. The average Bonchev–Trinajstić information content (AvgIpc) is 2.84. The first-order valence-electron chi connectivity index (χ1n) is 9.33. The van der Waals surface area contributed by atoms with Crippen molar-refractivity contribution in [3.63, 3.8) is 0 Å². The minimum atomic E-state index is 0.634. The SMILES string of the molecule is CCOc1ccccc1-n1nc(Cc2ccccn2)c2c1NCCCC2. The monoisotopic (exact) mass is 348 g/mol. The van der Waals surface area contributed by atoms with Gasteiger partial charge in [-0.1, -0.05) is 18.2 Å². The predicted octanol–water partition coefficient (Wildman–Crippen LogP) is 4.01. The van der Waals surface area contributed by atoms with E-state index in [2.05, 4.69) is 22.4 Å². The Morgan fingerprint density at radius 1 is 1.12 bits per heavy atom. The summed E-state index contributed by atoms with van der Waals surface area (Å²) in [7, 11) is 0. The molecule has 5 heteroatoms. The summed E-state index contributed by atoms with van der Waals surface area (Å²) in [4.78, 5) is 4.48. The normalized spacial score (nSPS) is 13.6. The zero-order chi connectivity index (χ0) is 17.8. The smallest absolute Gasteiger partial charge is 0.145 e. The van der Waals surface area contributed by atoms with Crippen molar-refractivity contribution in [3.8, 4) is 11.4 Å². The van der Waals surface area contributed by atoms with Crippen LogP contribution >= 0.6 is 0 Å². The largest absolute Gasteiger partial charge is 0.492 e. The van der Waals surface area contributed by atoms with Crippen molar-refractivity contribution in [2.24, 2.45) is 0 Å². The van der Waals surface area contributed by atoms with Gasteiger partial charge in [-0.15, -0.1) is 0 Å². The number of hydrogen-bond acceptors (Lipinski definition) is 4. The molecule has 134 valence electrons. The molecule has 0 amide bonds. The van der Waals surface area contributed by atoms with Crippen LogP contribution in [-0.2, 0) is 12.8 Å². The van der Waals surface area contributed by atoms with Crippen LogP contribution in [0.25, 0.3) is 5.69 Å². The predicted molar refractivity (Wildman–Crippen MR) is 103 cm³/mol. The number of nitrogens with one attached hydrogen (secondary N) is 1. The first-order chi connectivity index (χ1) is 12.9. The number of ether oxygens (including phenoxy) is 1. The number of anilines is 1. The third kappa shape index (κ3) is 3.29. The Labute approximate surface area is 154 Å². The van der Waals surface area contributed by atoms with Gasteiger partial charge >= 0.3 is 0 Å². The molecule has 26 heavy (non-hydrogen) atoms. The van der Waals surface area contributed by atoms with Gasteiger partial charge in [0.15, 0.2) is 0 Å². The van der Waals surface area contributed by atoms with Gasteiger partial charge in [-0.3, -0.25) is 4.98 Å². The van der Waals surface area contributed by atoms with Crippen molar-refractivity contribution in [1.82, 2.24) is 14.8 Å². The number of benzene rings is 1. The number of fused-ring (bicyclic) bond motifs is 1. The minimum Gasteiger partial charge on any atom is -0.492 e. The molecule has 0 radical (unpaired) electrons. The second kappa shape index (κ2) is 7.60. The average molecular weight is 348 g/mol. The molecule has 3 aromatic rings. The van der Waals surface area contributed by atoms with E-state index < -0.39 is 0 Å². The van der Waals surface area contributed by atoms with Crippen LogP contribution in [0.2, 0.25) is 0 Å². The van der Waals surface area contributed by atoms with Crippen LogP contribution in [0.5, 0.6) is 5.75 Å². The van der Waals surface area contributed by atoms with Crippen LogP contribution < -0.4 is 10.1 Å². The van der Waals surface area contributed by atoms with Gasteiger partial charge in [-0.25, -0.2) is 4.68 Å². The molecule has 0 aliphatic carbocycles. The molecule has 3 heterocycles. The topological polar surface area (TPSA) is 52.0 Å². The van der Waals surface area contributed by atoms with E-state index in [1.165, 1.54) is 18.4 Å². The fraction of sp³-hybridized carbons (Fsp3) is 0.333. The fourth-order valence-corrected chi connectivity index (χ4v) is 3.47. The van der Waals surface area contributed by atoms with Crippen molar-refractivity contribution in [2.75, 3.05) is 18.5 Å². The Balaban J connectivity index is 1.80. The number of aromatic nitrogens is 3. The van der Waals surface area contributed by atoms with Crippen molar-refractivity contribution in [2.45, 2.75) is 32.6 Å². The Hall–Kier alpha value is -2.82. The van der Waals surface area contributed by atoms with Crippen molar-refractivity contribution >= 4 is 5.82 Å². The van der Waals surface area contributed by atoms with E-state index in [1.807, 2.05) is 48.1 Å². The second-order valence-corrected chi connectivity index (χ2v) is 6.47. The van der Waals surface area contributed by atoms with E-state index in [1.54, 1.807) is 0 Å². The van der Waals surface area contributed by atoms with Gasteiger partial charge in [0, 0.05) is 30.4 Å². The summed E-state index contributed by atoms with van der Waals surface area (Å²) in [5, 5.41) is 8.57. The van der Waals surface area contributed by atoms with Crippen molar-refractivity contribution < 1.29 is 4.74 Å². The summed E-state index contributed by atoms with van der Waals surface area (Å²) < 4.78 is 7.86.